The van der Waals surface area contributed by atoms with Gasteiger partial charge in [-0.15, -0.1) is 0 Å². The molecule has 4 nitrogen and oxygen atoms in total. The normalized spacial score (nSPS) is 17.3. The summed E-state index contributed by atoms with van der Waals surface area (Å²) in [5.74, 6) is -0.0906. The van der Waals surface area contributed by atoms with E-state index in [1.165, 1.54) is 0 Å². The molecule has 1 fully saturated rings. The van der Waals surface area contributed by atoms with E-state index in [2.05, 4.69) is 5.32 Å². The second-order valence-electron chi connectivity index (χ2n) is 5.05. The predicted octanol–water partition coefficient (Wildman–Crippen LogP) is 2.21. The maximum atomic E-state index is 12.0. The van der Waals surface area contributed by atoms with Crippen LogP contribution in [-0.2, 0) is 15.6 Å². The predicted molar refractivity (Wildman–Crippen MR) is 79.5 cm³/mol. The molecule has 0 heterocycles. The van der Waals surface area contributed by atoms with Crippen molar-refractivity contribution in [1.82, 2.24) is 0 Å². The van der Waals surface area contributed by atoms with E-state index in [9.17, 15) is 9.00 Å². The molecule has 2 rings (SSSR count). The second-order valence-corrected chi connectivity index (χ2v) is 6.77. The summed E-state index contributed by atoms with van der Waals surface area (Å²) in [6.07, 6.45) is 4.24. The van der Waals surface area contributed by atoms with Gasteiger partial charge in [-0.2, -0.15) is 0 Å². The van der Waals surface area contributed by atoms with Crippen LogP contribution in [0, 0.1) is 6.92 Å². The highest BCUT2D eigenvalue weighted by atomic mass is 32.2. The molecule has 1 aliphatic carbocycles. The summed E-state index contributed by atoms with van der Waals surface area (Å²) < 4.78 is 12.0. The van der Waals surface area contributed by atoms with Gasteiger partial charge in [0.1, 0.15) is 5.75 Å². The number of nitrogens with two attached hydrogens (primary N) is 1. The Morgan fingerprint density at radius 2 is 2.11 bits per heavy atom. The summed E-state index contributed by atoms with van der Waals surface area (Å²) >= 11 is 0. The van der Waals surface area contributed by atoms with Crippen LogP contribution in [0.5, 0.6) is 0 Å². The molecule has 1 saturated carbocycles. The number of anilines is 2. The minimum Gasteiger partial charge on any atom is -0.399 e. The summed E-state index contributed by atoms with van der Waals surface area (Å²) in [5, 5.41) is 3.01. The lowest BCUT2D eigenvalue weighted by atomic mass is 10.2. The van der Waals surface area contributed by atoms with Crippen LogP contribution in [-0.4, -0.2) is 21.1 Å². The van der Waals surface area contributed by atoms with Gasteiger partial charge in [-0.3, -0.25) is 9.00 Å². The first-order valence-corrected chi connectivity index (χ1v) is 7.97. The van der Waals surface area contributed by atoms with E-state index < -0.39 is 10.8 Å². The zero-order valence-electron chi connectivity index (χ0n) is 11.1. The van der Waals surface area contributed by atoms with Gasteiger partial charge < -0.3 is 11.1 Å². The summed E-state index contributed by atoms with van der Waals surface area (Å²) in [5.41, 5.74) is 7.99. The van der Waals surface area contributed by atoms with E-state index in [0.29, 0.717) is 5.69 Å². The Labute approximate surface area is 116 Å². The van der Waals surface area contributed by atoms with Gasteiger partial charge in [0.05, 0.1) is 0 Å². The van der Waals surface area contributed by atoms with Crippen LogP contribution in [0.1, 0.15) is 31.2 Å². The van der Waals surface area contributed by atoms with Crippen LogP contribution in [0.4, 0.5) is 11.4 Å². The zero-order chi connectivity index (χ0) is 13.8. The second kappa shape index (κ2) is 6.19. The van der Waals surface area contributed by atoms with Gasteiger partial charge in [0, 0.05) is 27.4 Å². The number of amides is 1. The Morgan fingerprint density at radius 3 is 2.74 bits per heavy atom. The molecule has 1 atom stereocenters. The highest BCUT2D eigenvalue weighted by molar-refractivity contribution is 7.86. The molecule has 3 N–H and O–H groups in total. The van der Waals surface area contributed by atoms with Crippen LogP contribution in [0.2, 0.25) is 0 Å². The van der Waals surface area contributed by atoms with Crippen LogP contribution < -0.4 is 11.1 Å². The zero-order valence-corrected chi connectivity index (χ0v) is 12.0. The molecule has 0 spiro atoms. The van der Waals surface area contributed by atoms with E-state index in [0.717, 1.165) is 36.9 Å². The van der Waals surface area contributed by atoms with Crippen molar-refractivity contribution >= 4 is 28.1 Å². The van der Waals surface area contributed by atoms with Gasteiger partial charge in [-0.05, 0) is 43.5 Å². The Bertz CT molecular complexity index is 496. The number of carbonyl (C=O) groups excluding carboxylic acids is 1. The summed E-state index contributed by atoms with van der Waals surface area (Å²) in [7, 11) is -1.05. The van der Waals surface area contributed by atoms with E-state index in [1.54, 1.807) is 12.1 Å². The number of rotatable bonds is 4. The first-order valence-electron chi connectivity index (χ1n) is 6.59. The third-order valence-corrected chi connectivity index (χ3v) is 5.23. The van der Waals surface area contributed by atoms with Crippen molar-refractivity contribution in [3.63, 3.8) is 0 Å². The van der Waals surface area contributed by atoms with Crippen molar-refractivity contribution in [3.8, 4) is 0 Å². The van der Waals surface area contributed by atoms with Gasteiger partial charge in [0.2, 0.25) is 5.91 Å². The van der Waals surface area contributed by atoms with Crippen molar-refractivity contribution in [1.29, 1.82) is 0 Å². The number of hydrogen-bond acceptors (Lipinski definition) is 3. The lowest BCUT2D eigenvalue weighted by Gasteiger charge is -2.11. The molecule has 1 unspecified atom stereocenters. The number of hydrogen-bond donors (Lipinski definition) is 2. The average Bonchev–Trinajstić information content (AvgIpc) is 2.86. The van der Waals surface area contributed by atoms with Crippen LogP contribution in [0.3, 0.4) is 0 Å². The molecule has 0 bridgehead atoms. The molecule has 104 valence electrons. The van der Waals surface area contributed by atoms with Gasteiger partial charge in [-0.1, -0.05) is 12.8 Å². The Kier molecular flexibility index (Phi) is 4.58. The van der Waals surface area contributed by atoms with Crippen LogP contribution >= 0.6 is 0 Å². The van der Waals surface area contributed by atoms with Gasteiger partial charge in [0.25, 0.3) is 0 Å². The molecule has 0 aromatic heterocycles. The molecule has 5 heteroatoms. The standard InChI is InChI=1S/C14H20N2O2S/c1-10-8-11(15)6-7-13(10)16-14(17)9-19(18)12-4-2-3-5-12/h6-8,12H,2-5,9,15H2,1H3,(H,16,17). The Morgan fingerprint density at radius 1 is 1.42 bits per heavy atom. The largest absolute Gasteiger partial charge is 0.399 e. The van der Waals surface area contributed by atoms with Crippen molar-refractivity contribution < 1.29 is 9.00 Å². The highest BCUT2D eigenvalue weighted by Gasteiger charge is 2.23. The van der Waals surface area contributed by atoms with Crippen molar-refractivity contribution in [2.75, 3.05) is 16.8 Å². The maximum absolute atomic E-state index is 12.0. The van der Waals surface area contributed by atoms with Crippen molar-refractivity contribution in [2.24, 2.45) is 0 Å². The highest BCUT2D eigenvalue weighted by Crippen LogP contribution is 2.23. The summed E-state index contributed by atoms with van der Waals surface area (Å²) in [4.78, 5) is 11.9. The minimum absolute atomic E-state index is 0.0917. The first-order chi connectivity index (χ1) is 9.06. The fraction of sp³-hybridized carbons (Fsp3) is 0.500. The topological polar surface area (TPSA) is 72.2 Å². The van der Waals surface area contributed by atoms with E-state index in [4.69, 9.17) is 5.73 Å². The van der Waals surface area contributed by atoms with Crippen molar-refractivity contribution in [3.05, 3.63) is 23.8 Å². The molecule has 1 aromatic rings. The fourth-order valence-corrected chi connectivity index (χ4v) is 3.84. The first kappa shape index (κ1) is 14.1. The molecule has 1 aliphatic rings. The monoisotopic (exact) mass is 280 g/mol. The van der Waals surface area contributed by atoms with Gasteiger partial charge >= 0.3 is 0 Å². The third kappa shape index (κ3) is 3.80. The molecule has 1 amide bonds. The Hall–Kier alpha value is -1.36. The fourth-order valence-electron chi connectivity index (χ4n) is 2.41. The maximum Gasteiger partial charge on any atom is 0.237 e. The number of nitrogens with one attached hydrogen (secondary N) is 1. The van der Waals surface area contributed by atoms with Crippen LogP contribution in [0.15, 0.2) is 18.2 Å². The van der Waals surface area contributed by atoms with E-state index in [1.807, 2.05) is 13.0 Å². The van der Waals surface area contributed by atoms with Crippen LogP contribution in [0.25, 0.3) is 0 Å². The number of nitrogen functional groups attached to an aromatic ring is 1. The molecule has 19 heavy (non-hydrogen) atoms. The minimum atomic E-state index is -1.05. The van der Waals surface area contributed by atoms with E-state index >= 15 is 0 Å². The van der Waals surface area contributed by atoms with E-state index in [-0.39, 0.29) is 16.9 Å². The smallest absolute Gasteiger partial charge is 0.237 e. The number of aryl methyl sites for hydroxylation is 1. The quantitative estimate of drug-likeness (QED) is 0.831. The molecular weight excluding hydrogens is 260 g/mol. The molecule has 1 aromatic carbocycles. The molecule has 0 saturated heterocycles. The number of benzene rings is 1. The average molecular weight is 280 g/mol. The number of carbonyl (C=O) groups is 1. The van der Waals surface area contributed by atoms with Crippen molar-refractivity contribution in [2.45, 2.75) is 37.9 Å². The molecule has 0 aliphatic heterocycles. The molecular formula is C14H20N2O2S. The van der Waals surface area contributed by atoms with Gasteiger partial charge in [-0.25, -0.2) is 0 Å². The lowest BCUT2D eigenvalue weighted by molar-refractivity contribution is -0.113. The SMILES string of the molecule is Cc1cc(N)ccc1NC(=O)CS(=O)C1CCCC1. The summed E-state index contributed by atoms with van der Waals surface area (Å²) in [6.45, 7) is 1.89. The molecule has 0 radical (unpaired) electrons. The third-order valence-electron chi connectivity index (χ3n) is 3.47. The summed E-state index contributed by atoms with van der Waals surface area (Å²) in [6, 6.07) is 5.33. The lowest BCUT2D eigenvalue weighted by Crippen LogP contribution is -2.25. The van der Waals surface area contributed by atoms with Gasteiger partial charge in [0.15, 0.2) is 0 Å². The Balaban J connectivity index is 1.91.